The van der Waals surface area contributed by atoms with Gasteiger partial charge in [0, 0.05) is 0 Å². The first-order valence-corrected chi connectivity index (χ1v) is 9.48. The quantitative estimate of drug-likeness (QED) is 0.365. The number of ether oxygens (including phenoxy) is 3. The monoisotopic (exact) mass is 368 g/mol. The second-order valence-corrected chi connectivity index (χ2v) is 6.13. The third kappa shape index (κ3) is 7.57. The molecule has 0 saturated carbocycles. The van der Waals surface area contributed by atoms with E-state index in [1.807, 2.05) is 30.3 Å². The molecule has 0 amide bonds. The van der Waals surface area contributed by atoms with Crippen LogP contribution in [0.1, 0.15) is 48.5 Å². The molecule has 2 rings (SSSR count). The van der Waals surface area contributed by atoms with Crippen molar-refractivity contribution in [3.8, 4) is 11.5 Å². The van der Waals surface area contributed by atoms with E-state index in [1.165, 1.54) is 0 Å². The Morgan fingerprint density at radius 1 is 0.852 bits per heavy atom. The van der Waals surface area contributed by atoms with Crippen LogP contribution in [0.25, 0.3) is 6.08 Å². The minimum atomic E-state index is -0.303. The molecule has 0 saturated heterocycles. The molecule has 0 aliphatic heterocycles. The van der Waals surface area contributed by atoms with Gasteiger partial charge in [0.25, 0.3) is 0 Å². The van der Waals surface area contributed by atoms with Crippen molar-refractivity contribution in [1.82, 2.24) is 0 Å². The Balaban J connectivity index is 1.53. The summed E-state index contributed by atoms with van der Waals surface area (Å²) in [5, 5.41) is 0. The zero-order valence-electron chi connectivity index (χ0n) is 16.0. The first-order chi connectivity index (χ1) is 13.2. The summed E-state index contributed by atoms with van der Waals surface area (Å²) < 4.78 is 16.4. The molecule has 0 heterocycles. The second kappa shape index (κ2) is 11.8. The van der Waals surface area contributed by atoms with Gasteiger partial charge in [0.15, 0.2) is 0 Å². The van der Waals surface area contributed by atoms with E-state index in [0.29, 0.717) is 18.8 Å². The van der Waals surface area contributed by atoms with Gasteiger partial charge in [0.2, 0.25) is 0 Å². The van der Waals surface area contributed by atoms with E-state index in [4.69, 9.17) is 14.2 Å². The lowest BCUT2D eigenvalue weighted by molar-refractivity contribution is 0.0526. The molecule has 27 heavy (non-hydrogen) atoms. The number of esters is 1. The first kappa shape index (κ1) is 20.6. The fourth-order valence-corrected chi connectivity index (χ4v) is 2.54. The van der Waals surface area contributed by atoms with Crippen LogP contribution in [0.4, 0.5) is 0 Å². The normalized spacial score (nSPS) is 10.3. The maximum absolute atomic E-state index is 11.6. The summed E-state index contributed by atoms with van der Waals surface area (Å²) in [6, 6.07) is 15.0. The van der Waals surface area contributed by atoms with Gasteiger partial charge in [-0.3, -0.25) is 0 Å². The molecule has 0 aliphatic rings. The van der Waals surface area contributed by atoms with Gasteiger partial charge in [0.1, 0.15) is 11.5 Å². The Bertz CT molecular complexity index is 689. The van der Waals surface area contributed by atoms with E-state index in [2.05, 4.69) is 6.58 Å². The van der Waals surface area contributed by atoms with Crippen LogP contribution in [0.5, 0.6) is 11.5 Å². The number of benzene rings is 2. The molecule has 2 aromatic carbocycles. The topological polar surface area (TPSA) is 44.8 Å². The van der Waals surface area contributed by atoms with Crippen LogP contribution >= 0.6 is 0 Å². The Morgan fingerprint density at radius 3 is 1.85 bits per heavy atom. The number of carbonyl (C=O) groups excluding carboxylic acids is 1. The fraction of sp³-hybridized carbons (Fsp3) is 0.348. The highest BCUT2D eigenvalue weighted by molar-refractivity contribution is 5.89. The molecule has 0 radical (unpaired) electrons. The summed E-state index contributed by atoms with van der Waals surface area (Å²) in [7, 11) is 0. The summed E-state index contributed by atoms with van der Waals surface area (Å²) in [6.07, 6.45) is 6.04. The molecule has 4 nitrogen and oxygen atoms in total. The fourth-order valence-electron chi connectivity index (χ4n) is 2.54. The summed E-state index contributed by atoms with van der Waals surface area (Å²) in [4.78, 5) is 11.6. The number of carbonyl (C=O) groups is 1. The van der Waals surface area contributed by atoms with Crippen molar-refractivity contribution in [2.45, 2.75) is 32.6 Å². The lowest BCUT2D eigenvalue weighted by Gasteiger charge is -2.08. The molecule has 0 atom stereocenters. The molecule has 4 heteroatoms. The Morgan fingerprint density at radius 2 is 1.37 bits per heavy atom. The number of hydrogen-bond acceptors (Lipinski definition) is 4. The van der Waals surface area contributed by atoms with E-state index in [9.17, 15) is 4.79 Å². The summed E-state index contributed by atoms with van der Waals surface area (Å²) in [5.41, 5.74) is 1.64. The smallest absolute Gasteiger partial charge is 0.338 e. The van der Waals surface area contributed by atoms with Crippen molar-refractivity contribution < 1.29 is 19.0 Å². The molecule has 0 spiro atoms. The summed E-state index contributed by atoms with van der Waals surface area (Å²) in [6.45, 7) is 7.31. The molecule has 0 bridgehead atoms. The van der Waals surface area contributed by atoms with Gasteiger partial charge in [0.05, 0.1) is 25.4 Å². The second-order valence-electron chi connectivity index (χ2n) is 6.13. The Hall–Kier alpha value is -2.75. The zero-order chi connectivity index (χ0) is 19.3. The SMILES string of the molecule is C=Cc1ccc(OCCCCCCOc2ccc(C(=O)OCC)cc2)cc1. The van der Waals surface area contributed by atoms with Gasteiger partial charge in [-0.25, -0.2) is 4.79 Å². The number of hydrogen-bond donors (Lipinski definition) is 0. The summed E-state index contributed by atoms with van der Waals surface area (Å²) in [5.74, 6) is 1.37. The van der Waals surface area contributed by atoms with Crippen LogP contribution in [-0.2, 0) is 4.74 Å². The average Bonchev–Trinajstić information content (AvgIpc) is 2.71. The van der Waals surface area contributed by atoms with Crippen molar-refractivity contribution in [2.75, 3.05) is 19.8 Å². The molecule has 0 fully saturated rings. The molecular weight excluding hydrogens is 340 g/mol. The number of rotatable bonds is 12. The number of unbranched alkanes of at least 4 members (excludes halogenated alkanes) is 3. The van der Waals surface area contributed by atoms with Crippen LogP contribution < -0.4 is 9.47 Å². The minimum absolute atomic E-state index is 0.303. The van der Waals surface area contributed by atoms with Gasteiger partial charge in [-0.1, -0.05) is 24.8 Å². The third-order valence-electron chi connectivity index (χ3n) is 4.06. The van der Waals surface area contributed by atoms with Gasteiger partial charge < -0.3 is 14.2 Å². The van der Waals surface area contributed by atoms with E-state index in [0.717, 1.165) is 49.4 Å². The highest BCUT2D eigenvalue weighted by Gasteiger charge is 2.05. The standard InChI is InChI=1S/C23H28O4/c1-3-19-9-13-21(14-10-19)26-17-7-5-6-8-18-27-22-15-11-20(12-16-22)23(24)25-4-2/h3,9-16H,1,4-8,17-18H2,2H3. The third-order valence-corrected chi connectivity index (χ3v) is 4.06. The van der Waals surface area contributed by atoms with Crippen molar-refractivity contribution in [1.29, 1.82) is 0 Å². The molecule has 0 aliphatic carbocycles. The lowest BCUT2D eigenvalue weighted by atomic mass is 10.2. The largest absolute Gasteiger partial charge is 0.494 e. The predicted molar refractivity (Wildman–Crippen MR) is 108 cm³/mol. The summed E-state index contributed by atoms with van der Waals surface area (Å²) >= 11 is 0. The van der Waals surface area contributed by atoms with Crippen molar-refractivity contribution in [2.24, 2.45) is 0 Å². The van der Waals surface area contributed by atoms with Gasteiger partial charge in [-0.15, -0.1) is 0 Å². The minimum Gasteiger partial charge on any atom is -0.494 e. The highest BCUT2D eigenvalue weighted by atomic mass is 16.5. The van der Waals surface area contributed by atoms with Crippen LogP contribution in [0.15, 0.2) is 55.1 Å². The maximum atomic E-state index is 11.6. The van der Waals surface area contributed by atoms with Gasteiger partial charge >= 0.3 is 5.97 Å². The molecule has 144 valence electrons. The van der Waals surface area contributed by atoms with Crippen molar-refractivity contribution in [3.05, 3.63) is 66.2 Å². The van der Waals surface area contributed by atoms with Crippen LogP contribution in [0, 0.1) is 0 Å². The average molecular weight is 368 g/mol. The molecule has 0 unspecified atom stereocenters. The van der Waals surface area contributed by atoms with E-state index < -0.39 is 0 Å². The zero-order valence-corrected chi connectivity index (χ0v) is 16.0. The molecule has 0 N–H and O–H groups in total. The predicted octanol–water partition coefficient (Wildman–Crippen LogP) is 5.52. The van der Waals surface area contributed by atoms with Gasteiger partial charge in [-0.05, 0) is 74.6 Å². The van der Waals surface area contributed by atoms with Crippen LogP contribution in [0.2, 0.25) is 0 Å². The van der Waals surface area contributed by atoms with Crippen LogP contribution in [0.3, 0.4) is 0 Å². The molecule has 0 aromatic heterocycles. The van der Waals surface area contributed by atoms with Gasteiger partial charge in [-0.2, -0.15) is 0 Å². The Labute approximate surface area is 161 Å². The lowest BCUT2D eigenvalue weighted by Crippen LogP contribution is -2.04. The van der Waals surface area contributed by atoms with E-state index in [-0.39, 0.29) is 5.97 Å². The Kier molecular flexibility index (Phi) is 8.98. The van der Waals surface area contributed by atoms with Crippen molar-refractivity contribution in [3.63, 3.8) is 0 Å². The van der Waals surface area contributed by atoms with E-state index >= 15 is 0 Å². The van der Waals surface area contributed by atoms with E-state index in [1.54, 1.807) is 31.2 Å². The highest BCUT2D eigenvalue weighted by Crippen LogP contribution is 2.15. The molecular formula is C23H28O4. The first-order valence-electron chi connectivity index (χ1n) is 9.48. The molecule has 2 aromatic rings. The van der Waals surface area contributed by atoms with Crippen LogP contribution in [-0.4, -0.2) is 25.8 Å². The maximum Gasteiger partial charge on any atom is 0.338 e. The van der Waals surface area contributed by atoms with Crippen molar-refractivity contribution >= 4 is 12.0 Å².